The molecule has 2 nitrogen and oxygen atoms in total. The number of aryl methyl sites for hydroxylation is 1. The van der Waals surface area contributed by atoms with Crippen LogP contribution in [-0.4, -0.2) is 5.84 Å². The van der Waals surface area contributed by atoms with Crippen LogP contribution in [0.2, 0.25) is 10.0 Å². The molecule has 0 fully saturated rings. The summed E-state index contributed by atoms with van der Waals surface area (Å²) in [6, 6.07) is 3.52. The Morgan fingerprint density at radius 1 is 1.27 bits per heavy atom. The Balaban J connectivity index is 3.16. The Kier molecular flexibility index (Phi) is 4.00. The lowest BCUT2D eigenvalue weighted by Gasteiger charge is -2.06. The SMILES string of the molecule is Cc1cc(Cl)c(N=C(N)C(C)C)cc1Cl. The topological polar surface area (TPSA) is 38.4 Å². The lowest BCUT2D eigenvalue weighted by molar-refractivity contribution is 0.873. The molecule has 0 aliphatic rings. The lowest BCUT2D eigenvalue weighted by Crippen LogP contribution is -2.18. The van der Waals surface area contributed by atoms with Gasteiger partial charge in [0.1, 0.15) is 5.84 Å². The molecule has 0 aliphatic carbocycles. The normalized spacial score (nSPS) is 12.3. The van der Waals surface area contributed by atoms with Crippen LogP contribution in [0.1, 0.15) is 19.4 Å². The van der Waals surface area contributed by atoms with Crippen molar-refractivity contribution < 1.29 is 0 Å². The summed E-state index contributed by atoms with van der Waals surface area (Å²) in [4.78, 5) is 4.24. The first-order valence-corrected chi connectivity index (χ1v) is 5.47. The smallest absolute Gasteiger partial charge is 0.102 e. The number of aliphatic imine (C=N–C) groups is 1. The zero-order valence-corrected chi connectivity index (χ0v) is 10.5. The minimum atomic E-state index is 0.196. The summed E-state index contributed by atoms with van der Waals surface area (Å²) in [6.45, 7) is 5.85. The predicted octanol–water partition coefficient (Wildman–Crippen LogP) is 3.95. The molecule has 0 amide bonds. The van der Waals surface area contributed by atoms with Crippen molar-refractivity contribution in [2.75, 3.05) is 0 Å². The van der Waals surface area contributed by atoms with Crippen LogP contribution < -0.4 is 5.73 Å². The first-order valence-electron chi connectivity index (χ1n) is 4.71. The van der Waals surface area contributed by atoms with Gasteiger partial charge in [-0.1, -0.05) is 37.0 Å². The van der Waals surface area contributed by atoms with Crippen molar-refractivity contribution in [3.8, 4) is 0 Å². The van der Waals surface area contributed by atoms with Gasteiger partial charge in [-0.2, -0.15) is 0 Å². The van der Waals surface area contributed by atoms with E-state index < -0.39 is 0 Å². The van der Waals surface area contributed by atoms with E-state index in [1.54, 1.807) is 12.1 Å². The highest BCUT2D eigenvalue weighted by Gasteiger charge is 2.06. The number of rotatable bonds is 2. The van der Waals surface area contributed by atoms with Crippen molar-refractivity contribution in [2.45, 2.75) is 20.8 Å². The molecule has 1 aromatic carbocycles. The second-order valence-corrected chi connectivity index (χ2v) is 4.56. The van der Waals surface area contributed by atoms with Crippen LogP contribution in [0.4, 0.5) is 5.69 Å². The summed E-state index contributed by atoms with van der Waals surface area (Å²) < 4.78 is 0. The van der Waals surface area contributed by atoms with Crippen molar-refractivity contribution in [1.29, 1.82) is 0 Å². The summed E-state index contributed by atoms with van der Waals surface area (Å²) in [6.07, 6.45) is 0. The van der Waals surface area contributed by atoms with Gasteiger partial charge in [-0.25, -0.2) is 4.99 Å². The third-order valence-electron chi connectivity index (χ3n) is 2.07. The molecule has 0 saturated carbocycles. The van der Waals surface area contributed by atoms with Gasteiger partial charge in [0.25, 0.3) is 0 Å². The van der Waals surface area contributed by atoms with E-state index in [0.717, 1.165) is 5.56 Å². The number of hydrogen-bond acceptors (Lipinski definition) is 1. The Morgan fingerprint density at radius 3 is 2.40 bits per heavy atom. The molecular formula is C11H14Cl2N2. The standard InChI is InChI=1S/C11H14Cl2N2/c1-6(2)11(14)15-10-5-8(12)7(3)4-9(10)13/h4-6H,1-3H3,(H2,14,15). The monoisotopic (exact) mass is 244 g/mol. The van der Waals surface area contributed by atoms with Gasteiger partial charge < -0.3 is 5.73 Å². The minimum absolute atomic E-state index is 0.196. The first kappa shape index (κ1) is 12.3. The maximum Gasteiger partial charge on any atom is 0.102 e. The van der Waals surface area contributed by atoms with Crippen LogP contribution >= 0.6 is 23.2 Å². The fourth-order valence-electron chi connectivity index (χ4n) is 0.990. The molecule has 0 aliphatic heterocycles. The van der Waals surface area contributed by atoms with E-state index in [9.17, 15) is 0 Å². The van der Waals surface area contributed by atoms with E-state index in [1.165, 1.54) is 0 Å². The Hall–Kier alpha value is -0.730. The highest BCUT2D eigenvalue weighted by atomic mass is 35.5. The number of benzene rings is 1. The van der Waals surface area contributed by atoms with Gasteiger partial charge >= 0.3 is 0 Å². The molecular weight excluding hydrogens is 231 g/mol. The van der Waals surface area contributed by atoms with Crippen LogP contribution in [0.5, 0.6) is 0 Å². The van der Waals surface area contributed by atoms with E-state index in [-0.39, 0.29) is 5.92 Å². The molecule has 82 valence electrons. The van der Waals surface area contributed by atoms with Gasteiger partial charge in [0.2, 0.25) is 0 Å². The zero-order chi connectivity index (χ0) is 11.6. The molecule has 1 rings (SSSR count). The summed E-state index contributed by atoms with van der Waals surface area (Å²) in [5, 5.41) is 1.22. The molecule has 15 heavy (non-hydrogen) atoms. The van der Waals surface area contributed by atoms with Gasteiger partial charge in [0.15, 0.2) is 0 Å². The second kappa shape index (κ2) is 4.86. The predicted molar refractivity (Wildman–Crippen MR) is 67.3 cm³/mol. The van der Waals surface area contributed by atoms with E-state index in [4.69, 9.17) is 28.9 Å². The van der Waals surface area contributed by atoms with E-state index in [2.05, 4.69) is 4.99 Å². The summed E-state index contributed by atoms with van der Waals surface area (Å²) in [5.41, 5.74) is 7.31. The third-order valence-corrected chi connectivity index (χ3v) is 2.78. The molecule has 0 saturated heterocycles. The number of nitrogens with two attached hydrogens (primary N) is 1. The molecule has 4 heteroatoms. The second-order valence-electron chi connectivity index (χ2n) is 3.74. The average Bonchev–Trinajstić information content (AvgIpc) is 2.13. The van der Waals surface area contributed by atoms with Crippen LogP contribution in [0, 0.1) is 12.8 Å². The Morgan fingerprint density at radius 2 is 1.87 bits per heavy atom. The Labute approximate surface area is 100 Å². The zero-order valence-electron chi connectivity index (χ0n) is 9.01. The van der Waals surface area contributed by atoms with Gasteiger partial charge in [0.05, 0.1) is 10.7 Å². The fourth-order valence-corrected chi connectivity index (χ4v) is 1.41. The van der Waals surface area contributed by atoms with Crippen LogP contribution in [0.25, 0.3) is 0 Å². The number of nitrogens with zero attached hydrogens (tertiary/aromatic N) is 1. The van der Waals surface area contributed by atoms with Crippen molar-refractivity contribution in [1.82, 2.24) is 0 Å². The molecule has 0 radical (unpaired) electrons. The van der Waals surface area contributed by atoms with Gasteiger partial charge in [0, 0.05) is 10.9 Å². The van der Waals surface area contributed by atoms with Crippen molar-refractivity contribution in [3.05, 3.63) is 27.7 Å². The van der Waals surface area contributed by atoms with Gasteiger partial charge in [-0.15, -0.1) is 0 Å². The molecule has 0 aromatic heterocycles. The quantitative estimate of drug-likeness (QED) is 0.621. The lowest BCUT2D eigenvalue weighted by atomic mass is 10.2. The van der Waals surface area contributed by atoms with Crippen LogP contribution in [-0.2, 0) is 0 Å². The van der Waals surface area contributed by atoms with Gasteiger partial charge in [-0.3, -0.25) is 0 Å². The molecule has 0 spiro atoms. The molecule has 0 atom stereocenters. The first-order chi connectivity index (χ1) is 6.91. The summed E-state index contributed by atoms with van der Waals surface area (Å²) in [7, 11) is 0. The summed E-state index contributed by atoms with van der Waals surface area (Å²) >= 11 is 12.0. The molecule has 0 heterocycles. The fraction of sp³-hybridized carbons (Fsp3) is 0.364. The van der Waals surface area contributed by atoms with Crippen LogP contribution in [0.15, 0.2) is 17.1 Å². The molecule has 0 unspecified atom stereocenters. The number of halogens is 2. The van der Waals surface area contributed by atoms with Crippen LogP contribution in [0.3, 0.4) is 0 Å². The number of hydrogen-bond donors (Lipinski definition) is 1. The molecule has 1 aromatic rings. The number of amidine groups is 1. The van der Waals surface area contributed by atoms with Crippen molar-refractivity contribution in [3.63, 3.8) is 0 Å². The highest BCUT2D eigenvalue weighted by Crippen LogP contribution is 2.31. The maximum atomic E-state index is 6.03. The van der Waals surface area contributed by atoms with E-state index in [1.807, 2.05) is 20.8 Å². The van der Waals surface area contributed by atoms with Gasteiger partial charge in [-0.05, 0) is 24.6 Å². The third kappa shape index (κ3) is 3.11. The average molecular weight is 245 g/mol. The van der Waals surface area contributed by atoms with Crippen molar-refractivity contribution in [2.24, 2.45) is 16.6 Å². The highest BCUT2D eigenvalue weighted by molar-refractivity contribution is 6.35. The summed E-state index contributed by atoms with van der Waals surface area (Å²) in [5.74, 6) is 0.748. The largest absolute Gasteiger partial charge is 0.387 e. The molecule has 0 bridgehead atoms. The minimum Gasteiger partial charge on any atom is -0.387 e. The Bertz CT molecular complexity index is 398. The maximum absolute atomic E-state index is 6.03. The van der Waals surface area contributed by atoms with E-state index >= 15 is 0 Å². The molecule has 2 N–H and O–H groups in total. The van der Waals surface area contributed by atoms with E-state index in [0.29, 0.717) is 21.6 Å². The van der Waals surface area contributed by atoms with Crippen molar-refractivity contribution >= 4 is 34.7 Å².